The Kier molecular flexibility index (Phi) is 8.00. The SMILES string of the molecule is O=C1c2ccccc2C(=O)N1OCCCOP(=O)(OCc1ccccc1)OCc1ccccc1. The van der Waals surface area contributed by atoms with Gasteiger partial charge in [-0.2, -0.15) is 0 Å². The van der Waals surface area contributed by atoms with Gasteiger partial charge in [0.2, 0.25) is 0 Å². The van der Waals surface area contributed by atoms with Crippen molar-refractivity contribution < 1.29 is 32.6 Å². The van der Waals surface area contributed by atoms with Crippen LogP contribution in [0.1, 0.15) is 38.3 Å². The lowest BCUT2D eigenvalue weighted by Crippen LogP contribution is -2.30. The number of carbonyl (C=O) groups is 2. The highest BCUT2D eigenvalue weighted by Crippen LogP contribution is 2.51. The number of phosphoric acid groups is 1. The summed E-state index contributed by atoms with van der Waals surface area (Å²) in [5, 5.41) is 0.738. The summed E-state index contributed by atoms with van der Waals surface area (Å²) >= 11 is 0. The van der Waals surface area contributed by atoms with Crippen LogP contribution in [0.15, 0.2) is 84.9 Å². The molecule has 3 aromatic rings. The van der Waals surface area contributed by atoms with Crippen LogP contribution in [0.5, 0.6) is 0 Å². The monoisotopic (exact) mass is 481 g/mol. The fourth-order valence-electron chi connectivity index (χ4n) is 3.24. The van der Waals surface area contributed by atoms with Crippen LogP contribution in [0.2, 0.25) is 0 Å². The van der Waals surface area contributed by atoms with Crippen LogP contribution in [-0.2, 0) is 36.2 Å². The number of amides is 2. The summed E-state index contributed by atoms with van der Waals surface area (Å²) in [4.78, 5) is 30.0. The molecule has 34 heavy (non-hydrogen) atoms. The van der Waals surface area contributed by atoms with E-state index in [1.807, 2.05) is 60.7 Å². The van der Waals surface area contributed by atoms with E-state index < -0.39 is 19.6 Å². The molecule has 0 aromatic heterocycles. The highest BCUT2D eigenvalue weighted by molar-refractivity contribution is 7.48. The van der Waals surface area contributed by atoms with Crippen LogP contribution in [-0.4, -0.2) is 30.1 Å². The summed E-state index contributed by atoms with van der Waals surface area (Å²) in [6, 6.07) is 25.1. The molecule has 1 aliphatic heterocycles. The quantitative estimate of drug-likeness (QED) is 0.200. The number of benzene rings is 3. The molecule has 0 aliphatic carbocycles. The molecule has 9 heteroatoms. The topological polar surface area (TPSA) is 91.4 Å². The van der Waals surface area contributed by atoms with Crippen molar-refractivity contribution in [1.29, 1.82) is 0 Å². The highest BCUT2D eigenvalue weighted by Gasteiger charge is 2.36. The van der Waals surface area contributed by atoms with Gasteiger partial charge < -0.3 is 0 Å². The summed E-state index contributed by atoms with van der Waals surface area (Å²) in [7, 11) is -3.89. The van der Waals surface area contributed by atoms with Gasteiger partial charge in [0.1, 0.15) is 0 Å². The van der Waals surface area contributed by atoms with E-state index in [2.05, 4.69) is 0 Å². The van der Waals surface area contributed by atoms with Gasteiger partial charge in [-0.3, -0.25) is 28.0 Å². The van der Waals surface area contributed by atoms with Crippen molar-refractivity contribution in [3.05, 3.63) is 107 Å². The molecule has 3 aromatic carbocycles. The van der Waals surface area contributed by atoms with E-state index in [0.717, 1.165) is 16.2 Å². The molecule has 0 saturated heterocycles. The first kappa shape index (κ1) is 24.0. The number of fused-ring (bicyclic) bond motifs is 1. The molecule has 0 atom stereocenters. The van der Waals surface area contributed by atoms with Crippen LogP contribution in [0.3, 0.4) is 0 Å². The molecule has 0 radical (unpaired) electrons. The Balaban J connectivity index is 1.29. The lowest BCUT2D eigenvalue weighted by atomic mass is 10.1. The van der Waals surface area contributed by atoms with Crippen LogP contribution >= 0.6 is 7.82 Å². The van der Waals surface area contributed by atoms with Crippen molar-refractivity contribution in [2.75, 3.05) is 13.2 Å². The van der Waals surface area contributed by atoms with Crippen molar-refractivity contribution in [2.45, 2.75) is 19.6 Å². The van der Waals surface area contributed by atoms with Crippen molar-refractivity contribution in [1.82, 2.24) is 5.06 Å². The summed E-state index contributed by atoms with van der Waals surface area (Å²) in [5.74, 6) is -1.02. The molecule has 4 rings (SSSR count). The van der Waals surface area contributed by atoms with Gasteiger partial charge in [0.25, 0.3) is 11.8 Å². The van der Waals surface area contributed by atoms with Gasteiger partial charge >= 0.3 is 7.82 Å². The molecule has 0 spiro atoms. The molecule has 0 bridgehead atoms. The van der Waals surface area contributed by atoms with E-state index in [1.54, 1.807) is 24.3 Å². The molecule has 1 heterocycles. The zero-order valence-electron chi connectivity index (χ0n) is 18.4. The van der Waals surface area contributed by atoms with Gasteiger partial charge in [0.05, 0.1) is 37.6 Å². The minimum absolute atomic E-state index is 0.00282. The van der Waals surface area contributed by atoms with Gasteiger partial charge in [-0.25, -0.2) is 4.57 Å². The third kappa shape index (κ3) is 6.05. The van der Waals surface area contributed by atoms with Gasteiger partial charge in [-0.1, -0.05) is 72.8 Å². The fraction of sp³-hybridized carbons (Fsp3) is 0.200. The summed E-state index contributed by atoms with van der Waals surface area (Å²) in [6.07, 6.45) is 0.251. The van der Waals surface area contributed by atoms with E-state index >= 15 is 0 Å². The zero-order valence-corrected chi connectivity index (χ0v) is 19.3. The van der Waals surface area contributed by atoms with Gasteiger partial charge in [-0.15, -0.1) is 5.06 Å². The average molecular weight is 481 g/mol. The molecule has 2 amide bonds. The van der Waals surface area contributed by atoms with Crippen molar-refractivity contribution in [3.8, 4) is 0 Å². The molecule has 0 unspecified atom stereocenters. The normalized spacial score (nSPS) is 13.4. The van der Waals surface area contributed by atoms with Crippen LogP contribution in [0.25, 0.3) is 0 Å². The van der Waals surface area contributed by atoms with E-state index in [-0.39, 0.29) is 32.8 Å². The number of phosphoric ester groups is 1. The second kappa shape index (κ2) is 11.3. The van der Waals surface area contributed by atoms with E-state index in [1.165, 1.54) is 0 Å². The molecule has 8 nitrogen and oxygen atoms in total. The maximum Gasteiger partial charge on any atom is 0.475 e. The Hall–Kier alpha value is -3.13. The second-order valence-electron chi connectivity index (χ2n) is 7.44. The minimum Gasteiger partial charge on any atom is -0.287 e. The Morgan fingerprint density at radius 2 is 1.09 bits per heavy atom. The smallest absolute Gasteiger partial charge is 0.287 e. The highest BCUT2D eigenvalue weighted by atomic mass is 31.2. The lowest BCUT2D eigenvalue weighted by molar-refractivity contribution is -0.0941. The van der Waals surface area contributed by atoms with E-state index in [9.17, 15) is 14.2 Å². The largest absolute Gasteiger partial charge is 0.475 e. The Labute approximate surface area is 197 Å². The standard InChI is InChI=1S/C25H24NO7P/c27-24-22-14-7-8-15-23(22)25(28)26(24)30-16-9-17-31-34(29,32-18-20-10-3-1-4-11-20)33-19-21-12-5-2-6-13-21/h1-8,10-15H,9,16-19H2. The van der Waals surface area contributed by atoms with Crippen molar-refractivity contribution in [2.24, 2.45) is 0 Å². The molecular weight excluding hydrogens is 457 g/mol. The maximum atomic E-state index is 13.2. The summed E-state index contributed by atoms with van der Waals surface area (Å²) < 4.78 is 29.8. The Morgan fingerprint density at radius 1 is 0.618 bits per heavy atom. The van der Waals surface area contributed by atoms with Crippen LogP contribution < -0.4 is 0 Å². The fourth-order valence-corrected chi connectivity index (χ4v) is 4.43. The molecule has 0 N–H and O–H groups in total. The van der Waals surface area contributed by atoms with E-state index in [4.69, 9.17) is 18.4 Å². The van der Waals surface area contributed by atoms with Gasteiger partial charge in [0, 0.05) is 0 Å². The van der Waals surface area contributed by atoms with Gasteiger partial charge in [-0.05, 0) is 29.7 Å². The predicted molar refractivity (Wildman–Crippen MR) is 124 cm³/mol. The second-order valence-corrected chi connectivity index (χ2v) is 9.10. The number of imide groups is 1. The first-order valence-corrected chi connectivity index (χ1v) is 12.2. The number of hydrogen-bond donors (Lipinski definition) is 0. The summed E-state index contributed by atoms with van der Waals surface area (Å²) in [6.45, 7) is 0.0871. The predicted octanol–water partition coefficient (Wildman–Crippen LogP) is 5.16. The Morgan fingerprint density at radius 3 is 1.59 bits per heavy atom. The number of hydrogen-bond acceptors (Lipinski definition) is 7. The van der Waals surface area contributed by atoms with Crippen LogP contribution in [0, 0.1) is 0 Å². The van der Waals surface area contributed by atoms with Crippen molar-refractivity contribution in [3.63, 3.8) is 0 Å². The first-order chi connectivity index (χ1) is 16.6. The molecule has 176 valence electrons. The molecule has 1 aliphatic rings. The van der Waals surface area contributed by atoms with Crippen molar-refractivity contribution >= 4 is 19.6 Å². The molecular formula is C25H24NO7P. The number of carbonyl (C=O) groups excluding carboxylic acids is 2. The third-order valence-electron chi connectivity index (χ3n) is 4.98. The maximum absolute atomic E-state index is 13.2. The number of rotatable bonds is 12. The molecule has 0 fully saturated rings. The van der Waals surface area contributed by atoms with E-state index in [0.29, 0.717) is 11.1 Å². The van der Waals surface area contributed by atoms with Gasteiger partial charge in [0.15, 0.2) is 0 Å². The van der Waals surface area contributed by atoms with Crippen LogP contribution in [0.4, 0.5) is 0 Å². The third-order valence-corrected chi connectivity index (χ3v) is 6.37. The average Bonchev–Trinajstić information content (AvgIpc) is 3.12. The first-order valence-electron chi connectivity index (χ1n) is 10.8. The summed E-state index contributed by atoms with van der Waals surface area (Å²) in [5.41, 5.74) is 2.25. The number of nitrogens with zero attached hydrogens (tertiary/aromatic N) is 1. The molecule has 0 saturated carbocycles. The lowest BCUT2D eigenvalue weighted by Gasteiger charge is -2.19. The minimum atomic E-state index is -3.89. The Bertz CT molecular complexity index is 1090. The number of hydroxylamine groups is 2. The zero-order chi connectivity index (χ0) is 23.8.